The Morgan fingerprint density at radius 3 is 1.80 bits per heavy atom. The lowest BCUT2D eigenvalue weighted by Gasteiger charge is -2.25. The van der Waals surface area contributed by atoms with Gasteiger partial charge in [-0.25, -0.2) is 4.90 Å². The van der Waals surface area contributed by atoms with Crippen LogP contribution in [0.1, 0.15) is 23.2 Å². The first-order valence-corrected chi connectivity index (χ1v) is 10.4. The van der Waals surface area contributed by atoms with Crippen LogP contribution in [0.5, 0.6) is 0 Å². The van der Waals surface area contributed by atoms with Gasteiger partial charge in [-0.15, -0.1) is 0 Å². The smallest absolute Gasteiger partial charge is 0.240 e. The predicted octanol–water partition coefficient (Wildman–Crippen LogP) is 6.33. The third kappa shape index (κ3) is 3.31. The van der Waals surface area contributed by atoms with Crippen LogP contribution < -0.4 is 4.90 Å². The lowest BCUT2D eigenvalue weighted by Crippen LogP contribution is -2.26. The van der Waals surface area contributed by atoms with Crippen LogP contribution in [-0.4, -0.2) is 18.0 Å². The highest BCUT2D eigenvalue weighted by Gasteiger charge is 2.44. The summed E-state index contributed by atoms with van der Waals surface area (Å²) >= 11 is 0. The van der Waals surface area contributed by atoms with Crippen molar-refractivity contribution in [2.24, 2.45) is 0 Å². The summed E-state index contributed by atoms with van der Waals surface area (Å²) in [6.07, 6.45) is 2.26. The number of rotatable bonds is 4. The van der Waals surface area contributed by atoms with Gasteiger partial charge in [0.15, 0.2) is 12.1 Å². The maximum absolute atomic E-state index is 2.44. The van der Waals surface area contributed by atoms with Crippen molar-refractivity contribution in [1.82, 2.24) is 0 Å². The first-order valence-electron chi connectivity index (χ1n) is 10.4. The van der Waals surface area contributed by atoms with Crippen LogP contribution >= 0.6 is 0 Å². The highest BCUT2D eigenvalue weighted by molar-refractivity contribution is 5.89. The fourth-order valence-electron chi connectivity index (χ4n) is 4.55. The van der Waals surface area contributed by atoms with Crippen molar-refractivity contribution in [3.05, 3.63) is 126 Å². The van der Waals surface area contributed by atoms with Gasteiger partial charge >= 0.3 is 0 Å². The van der Waals surface area contributed by atoms with E-state index in [0.717, 1.165) is 0 Å². The van der Waals surface area contributed by atoms with Crippen LogP contribution in [0.15, 0.2) is 115 Å². The topological polar surface area (TPSA) is 6.25 Å². The molecular weight excluding hydrogens is 364 g/mol. The van der Waals surface area contributed by atoms with Gasteiger partial charge in [0.2, 0.25) is 6.34 Å². The van der Waals surface area contributed by atoms with E-state index in [-0.39, 0.29) is 12.1 Å². The number of para-hydroxylation sites is 1. The predicted molar refractivity (Wildman–Crippen MR) is 125 cm³/mol. The molecule has 1 aliphatic heterocycles. The number of hydrogen-bond donors (Lipinski definition) is 0. The summed E-state index contributed by atoms with van der Waals surface area (Å²) in [6.45, 7) is 0. The highest BCUT2D eigenvalue weighted by atomic mass is 15.3. The Bertz CT molecular complexity index is 1150. The van der Waals surface area contributed by atoms with E-state index in [2.05, 4.69) is 138 Å². The molecule has 0 fully saturated rings. The minimum Gasteiger partial charge on any atom is -0.259 e. The molecule has 2 heteroatoms. The van der Waals surface area contributed by atoms with Crippen molar-refractivity contribution < 1.29 is 4.58 Å². The number of hydrogen-bond acceptors (Lipinski definition) is 1. The van der Waals surface area contributed by atoms with Crippen molar-refractivity contribution >= 4 is 12.0 Å². The number of anilines is 1. The lowest BCUT2D eigenvalue weighted by molar-refractivity contribution is -0.534. The van der Waals surface area contributed by atoms with Gasteiger partial charge in [-0.05, 0) is 11.6 Å². The van der Waals surface area contributed by atoms with E-state index in [1.165, 1.54) is 27.9 Å². The normalized spacial score (nSPS) is 18.3. The average Bonchev–Trinajstić information content (AvgIpc) is 3.17. The largest absolute Gasteiger partial charge is 0.259 e. The molecule has 0 saturated carbocycles. The summed E-state index contributed by atoms with van der Waals surface area (Å²) in [4.78, 5) is 2.44. The van der Waals surface area contributed by atoms with Crippen molar-refractivity contribution in [2.75, 3.05) is 11.9 Å². The molecular formula is C28H25N2+. The highest BCUT2D eigenvalue weighted by Crippen LogP contribution is 2.44. The van der Waals surface area contributed by atoms with E-state index in [9.17, 15) is 0 Å². The molecule has 0 saturated heterocycles. The minimum atomic E-state index is 0.184. The third-order valence-corrected chi connectivity index (χ3v) is 5.89. The van der Waals surface area contributed by atoms with Gasteiger partial charge in [-0.3, -0.25) is 4.58 Å². The Morgan fingerprint density at radius 2 is 1.13 bits per heavy atom. The SMILES string of the molecule is C[N+]1=CN(c2ccccc2-c2ccccc2)[C@@H](c2ccccc2)[C@@H]1c1ccccc1. The lowest BCUT2D eigenvalue weighted by atomic mass is 9.92. The monoisotopic (exact) mass is 389 g/mol. The fourth-order valence-corrected chi connectivity index (χ4v) is 4.55. The van der Waals surface area contributed by atoms with E-state index in [0.29, 0.717) is 0 Å². The molecule has 146 valence electrons. The molecule has 4 aromatic carbocycles. The fraction of sp³-hybridized carbons (Fsp3) is 0.107. The Morgan fingerprint density at radius 1 is 0.600 bits per heavy atom. The molecule has 2 nitrogen and oxygen atoms in total. The van der Waals surface area contributed by atoms with Crippen molar-refractivity contribution in [2.45, 2.75) is 12.1 Å². The zero-order valence-electron chi connectivity index (χ0n) is 17.1. The minimum absolute atomic E-state index is 0.184. The zero-order valence-corrected chi connectivity index (χ0v) is 17.1. The maximum Gasteiger partial charge on any atom is 0.240 e. The van der Waals surface area contributed by atoms with Gasteiger partial charge in [0.25, 0.3) is 0 Å². The molecule has 30 heavy (non-hydrogen) atoms. The van der Waals surface area contributed by atoms with Crippen LogP contribution in [0.3, 0.4) is 0 Å². The molecule has 2 atom stereocenters. The molecule has 0 bridgehead atoms. The Hall–Kier alpha value is -3.65. The standard InChI is InChI=1S/C28H25N2/c1-29-21-30(26-20-12-11-19-25(26)22-13-5-2-6-14-22)28(24-17-9-4-10-18-24)27(29)23-15-7-3-8-16-23/h2-21,27-28H,1H3/q+1/t27-,28-/m0/s1. The van der Waals surface area contributed by atoms with Gasteiger partial charge in [0, 0.05) is 16.7 Å². The van der Waals surface area contributed by atoms with Gasteiger partial charge in [-0.1, -0.05) is 109 Å². The summed E-state index contributed by atoms with van der Waals surface area (Å²) in [5.41, 5.74) is 6.35. The average molecular weight is 390 g/mol. The molecule has 0 aromatic heterocycles. The molecule has 4 aromatic rings. The van der Waals surface area contributed by atoms with Crippen LogP contribution in [0.25, 0.3) is 11.1 Å². The van der Waals surface area contributed by atoms with E-state index >= 15 is 0 Å². The van der Waals surface area contributed by atoms with Gasteiger partial charge in [-0.2, -0.15) is 0 Å². The summed E-state index contributed by atoms with van der Waals surface area (Å²) in [6, 6.07) is 41.4. The molecule has 1 heterocycles. The summed E-state index contributed by atoms with van der Waals surface area (Å²) in [7, 11) is 2.18. The van der Waals surface area contributed by atoms with Gasteiger partial charge < -0.3 is 0 Å². The molecule has 0 N–H and O–H groups in total. The molecule has 0 radical (unpaired) electrons. The van der Waals surface area contributed by atoms with Crippen molar-refractivity contribution in [1.29, 1.82) is 0 Å². The second-order valence-corrected chi connectivity index (χ2v) is 7.78. The first kappa shape index (κ1) is 18.4. The second-order valence-electron chi connectivity index (χ2n) is 7.78. The molecule has 0 aliphatic carbocycles. The maximum atomic E-state index is 2.44. The third-order valence-electron chi connectivity index (χ3n) is 5.89. The van der Waals surface area contributed by atoms with Gasteiger partial charge in [0.05, 0.1) is 7.05 Å². The Kier molecular flexibility index (Phi) is 4.90. The van der Waals surface area contributed by atoms with E-state index in [1.807, 2.05) is 0 Å². The van der Waals surface area contributed by atoms with Crippen molar-refractivity contribution in [3.8, 4) is 11.1 Å². The Labute approximate surface area is 178 Å². The molecule has 0 amide bonds. The number of benzene rings is 4. The number of likely N-dealkylation sites (N-methyl/N-ethyl adjacent to an activating group) is 1. The quantitative estimate of drug-likeness (QED) is 0.370. The molecule has 0 unspecified atom stereocenters. The summed E-state index contributed by atoms with van der Waals surface area (Å²) in [5.74, 6) is 0. The second kappa shape index (κ2) is 8.00. The molecule has 5 rings (SSSR count). The molecule has 1 aliphatic rings. The van der Waals surface area contributed by atoms with Crippen molar-refractivity contribution in [3.63, 3.8) is 0 Å². The summed E-state index contributed by atoms with van der Waals surface area (Å²) in [5, 5.41) is 0. The first-order chi connectivity index (χ1) is 14.8. The molecule has 0 spiro atoms. The van der Waals surface area contributed by atoms with E-state index < -0.39 is 0 Å². The van der Waals surface area contributed by atoms with Gasteiger partial charge in [0.1, 0.15) is 5.69 Å². The van der Waals surface area contributed by atoms with Crippen LogP contribution in [0.4, 0.5) is 5.69 Å². The van der Waals surface area contributed by atoms with E-state index in [1.54, 1.807) is 0 Å². The van der Waals surface area contributed by atoms with Crippen LogP contribution in [0.2, 0.25) is 0 Å². The zero-order chi connectivity index (χ0) is 20.3. The van der Waals surface area contributed by atoms with E-state index in [4.69, 9.17) is 0 Å². The van der Waals surface area contributed by atoms with Crippen LogP contribution in [-0.2, 0) is 0 Å². The van der Waals surface area contributed by atoms with Crippen LogP contribution in [0, 0.1) is 0 Å². The Balaban J connectivity index is 1.67. The number of nitrogens with zero attached hydrogens (tertiary/aromatic N) is 2. The summed E-state index contributed by atoms with van der Waals surface area (Å²) < 4.78 is 2.34.